The lowest BCUT2D eigenvalue weighted by molar-refractivity contribution is -0.118. The highest BCUT2D eigenvalue weighted by Crippen LogP contribution is 2.31. The van der Waals surface area contributed by atoms with Gasteiger partial charge in [0.2, 0.25) is 15.9 Å². The van der Waals surface area contributed by atoms with Gasteiger partial charge >= 0.3 is 0 Å². The van der Waals surface area contributed by atoms with Gasteiger partial charge in [0, 0.05) is 45.2 Å². The van der Waals surface area contributed by atoms with Gasteiger partial charge in [-0.15, -0.1) is 0 Å². The minimum atomic E-state index is -3.68. The van der Waals surface area contributed by atoms with Gasteiger partial charge in [0.15, 0.2) is 0 Å². The molecule has 24 heavy (non-hydrogen) atoms. The molecule has 0 aliphatic carbocycles. The Hall–Kier alpha value is -1.84. The number of benzene rings is 1. The maximum atomic E-state index is 12.9. The first-order valence-corrected chi connectivity index (χ1v) is 9.05. The molecule has 1 amide bonds. The lowest BCUT2D eigenvalue weighted by atomic mass is 10.3. The summed E-state index contributed by atoms with van der Waals surface area (Å²) in [5.74, 6) is 0.382. The Morgan fingerprint density at radius 2 is 1.83 bits per heavy atom. The number of methoxy groups -OCH3 is 2. The van der Waals surface area contributed by atoms with E-state index in [4.69, 9.17) is 15.2 Å². The van der Waals surface area contributed by atoms with Crippen molar-refractivity contribution in [2.24, 2.45) is 5.73 Å². The quantitative estimate of drug-likeness (QED) is 0.730. The third-order valence-corrected chi connectivity index (χ3v) is 5.91. The second-order valence-corrected chi connectivity index (χ2v) is 7.39. The fourth-order valence-corrected chi connectivity index (χ4v) is 4.18. The van der Waals surface area contributed by atoms with Gasteiger partial charge in [-0.1, -0.05) is 0 Å². The van der Waals surface area contributed by atoms with Crippen molar-refractivity contribution in [1.29, 1.82) is 0 Å². The second-order valence-electron chi connectivity index (χ2n) is 5.48. The van der Waals surface area contributed by atoms with Gasteiger partial charge in [0.05, 0.1) is 14.2 Å². The van der Waals surface area contributed by atoms with E-state index < -0.39 is 10.0 Å². The molecule has 134 valence electrons. The van der Waals surface area contributed by atoms with E-state index in [0.29, 0.717) is 38.5 Å². The first kappa shape index (κ1) is 18.5. The number of sulfonamides is 1. The summed E-state index contributed by atoms with van der Waals surface area (Å²) in [7, 11) is -0.767. The van der Waals surface area contributed by atoms with Crippen LogP contribution >= 0.6 is 0 Å². The average Bonchev–Trinajstić information content (AvgIpc) is 2.59. The number of ether oxygens (including phenoxy) is 2. The van der Waals surface area contributed by atoms with Gasteiger partial charge < -0.3 is 20.1 Å². The van der Waals surface area contributed by atoms with Crippen molar-refractivity contribution in [1.82, 2.24) is 9.21 Å². The number of piperazine rings is 1. The molecule has 8 nitrogen and oxygen atoms in total. The van der Waals surface area contributed by atoms with Crippen molar-refractivity contribution >= 4 is 15.9 Å². The smallest absolute Gasteiger partial charge is 0.246 e. The van der Waals surface area contributed by atoms with E-state index in [-0.39, 0.29) is 23.0 Å². The number of rotatable bonds is 7. The van der Waals surface area contributed by atoms with E-state index in [1.807, 2.05) is 4.90 Å². The van der Waals surface area contributed by atoms with Crippen LogP contribution in [0.5, 0.6) is 11.5 Å². The van der Waals surface area contributed by atoms with Crippen molar-refractivity contribution in [2.75, 3.05) is 46.9 Å². The minimum Gasteiger partial charge on any atom is -0.497 e. The minimum absolute atomic E-state index is 0.0925. The fraction of sp³-hybridized carbons (Fsp3) is 0.533. The molecular formula is C15H23N3O5S. The summed E-state index contributed by atoms with van der Waals surface area (Å²) in [6.07, 6.45) is 0.274. The molecular weight excluding hydrogens is 334 g/mol. The molecule has 1 aliphatic rings. The highest BCUT2D eigenvalue weighted by Gasteiger charge is 2.31. The Balaban J connectivity index is 2.13. The van der Waals surface area contributed by atoms with Crippen molar-refractivity contribution in [3.63, 3.8) is 0 Å². The Labute approximate surface area is 142 Å². The molecule has 0 atom stereocenters. The molecule has 1 saturated heterocycles. The van der Waals surface area contributed by atoms with Crippen LogP contribution in [0.25, 0.3) is 0 Å². The van der Waals surface area contributed by atoms with Gasteiger partial charge in [-0.3, -0.25) is 4.79 Å². The first-order valence-electron chi connectivity index (χ1n) is 7.61. The Kier molecular flexibility index (Phi) is 6.03. The topological polar surface area (TPSA) is 102 Å². The summed E-state index contributed by atoms with van der Waals surface area (Å²) in [6, 6.07) is 4.70. The van der Waals surface area contributed by atoms with Crippen LogP contribution in [0.4, 0.5) is 0 Å². The van der Waals surface area contributed by atoms with E-state index in [0.717, 1.165) is 0 Å². The third kappa shape index (κ3) is 4.16. The van der Waals surface area contributed by atoms with E-state index in [1.54, 1.807) is 12.1 Å². The summed E-state index contributed by atoms with van der Waals surface area (Å²) in [5.41, 5.74) is 5.14. The Morgan fingerprint density at radius 1 is 1.17 bits per heavy atom. The highest BCUT2D eigenvalue weighted by atomic mass is 32.2. The van der Waals surface area contributed by atoms with Gasteiger partial charge in [-0.25, -0.2) is 8.42 Å². The van der Waals surface area contributed by atoms with Crippen LogP contribution < -0.4 is 15.2 Å². The van der Waals surface area contributed by atoms with Gasteiger partial charge in [0.1, 0.15) is 16.4 Å². The van der Waals surface area contributed by atoms with Gasteiger partial charge in [-0.05, 0) is 12.1 Å². The molecule has 2 N–H and O–H groups in total. The molecule has 1 aromatic carbocycles. The number of amides is 1. The molecule has 0 unspecified atom stereocenters. The molecule has 1 heterocycles. The lowest BCUT2D eigenvalue weighted by Gasteiger charge is -2.34. The van der Waals surface area contributed by atoms with Crippen LogP contribution in [0.3, 0.4) is 0 Å². The van der Waals surface area contributed by atoms with E-state index in [2.05, 4.69) is 0 Å². The summed E-state index contributed by atoms with van der Waals surface area (Å²) in [5, 5.41) is 0. The average molecular weight is 357 g/mol. The molecule has 0 bridgehead atoms. The maximum Gasteiger partial charge on any atom is 0.246 e. The summed E-state index contributed by atoms with van der Waals surface area (Å²) < 4.78 is 37.5. The van der Waals surface area contributed by atoms with Crippen LogP contribution in [0.1, 0.15) is 6.42 Å². The van der Waals surface area contributed by atoms with Crippen molar-refractivity contribution < 1.29 is 22.7 Å². The number of hydrogen-bond donors (Lipinski definition) is 1. The number of nitrogens with zero attached hydrogens (tertiary/aromatic N) is 2. The number of carbonyl (C=O) groups is 1. The molecule has 1 aromatic rings. The van der Waals surface area contributed by atoms with Crippen LogP contribution in [-0.4, -0.2) is 70.5 Å². The Morgan fingerprint density at radius 3 is 2.38 bits per heavy atom. The molecule has 0 aromatic heterocycles. The molecule has 0 radical (unpaired) electrons. The number of primary amides is 1. The number of hydrogen-bond acceptors (Lipinski definition) is 6. The predicted octanol–water partition coefficient (Wildman–Crippen LogP) is -0.114. The monoisotopic (exact) mass is 357 g/mol. The zero-order valence-corrected chi connectivity index (χ0v) is 14.7. The molecule has 0 spiro atoms. The van der Waals surface area contributed by atoms with Gasteiger partial charge in [-0.2, -0.15) is 4.31 Å². The standard InChI is InChI=1S/C15H23N3O5S/c1-22-12-3-4-13(23-2)14(11-12)24(20,21)18-9-7-17(8-10-18)6-5-15(16)19/h3-4,11H,5-10H2,1-2H3,(H2,16,19). The molecule has 9 heteroatoms. The Bertz CT molecular complexity index is 684. The first-order chi connectivity index (χ1) is 11.4. The van der Waals surface area contributed by atoms with Gasteiger partial charge in [0.25, 0.3) is 0 Å². The number of carbonyl (C=O) groups excluding carboxylic acids is 1. The van der Waals surface area contributed by atoms with Crippen LogP contribution in [0.2, 0.25) is 0 Å². The van der Waals surface area contributed by atoms with Crippen molar-refractivity contribution in [3.05, 3.63) is 18.2 Å². The normalized spacial score (nSPS) is 16.8. The zero-order chi connectivity index (χ0) is 17.7. The molecule has 0 saturated carbocycles. The molecule has 1 fully saturated rings. The fourth-order valence-electron chi connectivity index (χ4n) is 2.59. The lowest BCUT2D eigenvalue weighted by Crippen LogP contribution is -2.49. The SMILES string of the molecule is COc1ccc(OC)c(S(=O)(=O)N2CCN(CCC(N)=O)CC2)c1. The van der Waals surface area contributed by atoms with Crippen LogP contribution in [0.15, 0.2) is 23.1 Å². The largest absolute Gasteiger partial charge is 0.497 e. The predicted molar refractivity (Wildman–Crippen MR) is 88.6 cm³/mol. The summed E-state index contributed by atoms with van der Waals surface area (Å²) in [4.78, 5) is 13.0. The van der Waals surface area contributed by atoms with Crippen LogP contribution in [-0.2, 0) is 14.8 Å². The van der Waals surface area contributed by atoms with Crippen LogP contribution in [0, 0.1) is 0 Å². The molecule has 2 rings (SSSR count). The summed E-state index contributed by atoms with van der Waals surface area (Å²) >= 11 is 0. The summed E-state index contributed by atoms with van der Waals surface area (Å²) in [6.45, 7) is 2.35. The van der Waals surface area contributed by atoms with Crippen molar-refractivity contribution in [3.8, 4) is 11.5 Å². The zero-order valence-electron chi connectivity index (χ0n) is 13.9. The highest BCUT2D eigenvalue weighted by molar-refractivity contribution is 7.89. The second kappa shape index (κ2) is 7.82. The van der Waals surface area contributed by atoms with Crippen molar-refractivity contribution in [2.45, 2.75) is 11.3 Å². The maximum absolute atomic E-state index is 12.9. The van der Waals surface area contributed by atoms with E-state index in [1.165, 1.54) is 24.6 Å². The van der Waals surface area contributed by atoms with E-state index in [9.17, 15) is 13.2 Å². The number of nitrogens with two attached hydrogens (primary N) is 1. The van der Waals surface area contributed by atoms with E-state index >= 15 is 0 Å². The third-order valence-electron chi connectivity index (χ3n) is 3.99. The molecule has 1 aliphatic heterocycles.